The molecule has 1 unspecified atom stereocenters. The van der Waals surface area contributed by atoms with E-state index in [0.29, 0.717) is 12.1 Å². The van der Waals surface area contributed by atoms with Crippen LogP contribution in [0.5, 0.6) is 0 Å². The van der Waals surface area contributed by atoms with E-state index in [4.69, 9.17) is 4.74 Å². The predicted octanol–water partition coefficient (Wildman–Crippen LogP) is 2.32. The topological polar surface area (TPSA) is 93.5 Å². The first kappa shape index (κ1) is 19.7. The molecule has 0 saturated carbocycles. The zero-order valence-corrected chi connectivity index (χ0v) is 15.3. The van der Waals surface area contributed by atoms with Gasteiger partial charge in [0.05, 0.1) is 23.9 Å². The maximum absolute atomic E-state index is 12.3. The molecule has 0 spiro atoms. The molecular formula is C19H25N3O4. The van der Waals surface area contributed by atoms with E-state index in [2.05, 4.69) is 10.4 Å². The Morgan fingerprint density at radius 1 is 1.27 bits per heavy atom. The molecule has 1 aromatic heterocycles. The second kappa shape index (κ2) is 8.62. The molecule has 0 radical (unpaired) electrons. The predicted molar refractivity (Wildman–Crippen MR) is 97.0 cm³/mol. The van der Waals surface area contributed by atoms with Crippen LogP contribution in [-0.4, -0.2) is 45.0 Å². The summed E-state index contributed by atoms with van der Waals surface area (Å²) < 4.78 is 7.18. The van der Waals surface area contributed by atoms with Crippen LogP contribution in [0.15, 0.2) is 42.7 Å². The lowest BCUT2D eigenvalue weighted by Gasteiger charge is -2.21. The van der Waals surface area contributed by atoms with E-state index >= 15 is 0 Å². The highest BCUT2D eigenvalue weighted by Gasteiger charge is 2.22. The van der Waals surface area contributed by atoms with Gasteiger partial charge in [-0.25, -0.2) is 4.79 Å². The zero-order valence-electron chi connectivity index (χ0n) is 15.3. The first-order valence-corrected chi connectivity index (χ1v) is 8.48. The SMILES string of the molecule is CC(C)(C)OCCC(NC(=O)c1cnn(Cc2ccccc2)c1)C(=O)O. The van der Waals surface area contributed by atoms with Gasteiger partial charge in [-0.15, -0.1) is 0 Å². The first-order chi connectivity index (χ1) is 12.2. The Balaban J connectivity index is 1.93. The minimum Gasteiger partial charge on any atom is -0.480 e. The lowest BCUT2D eigenvalue weighted by atomic mass is 10.1. The van der Waals surface area contributed by atoms with Crippen molar-refractivity contribution in [2.45, 2.75) is 45.4 Å². The molecule has 0 aliphatic heterocycles. The van der Waals surface area contributed by atoms with Crippen molar-refractivity contribution in [3.8, 4) is 0 Å². The van der Waals surface area contributed by atoms with Gasteiger partial charge in [-0.05, 0) is 26.3 Å². The normalized spacial score (nSPS) is 12.6. The van der Waals surface area contributed by atoms with Crippen LogP contribution in [0.4, 0.5) is 0 Å². The molecule has 0 saturated heterocycles. The summed E-state index contributed by atoms with van der Waals surface area (Å²) >= 11 is 0. The van der Waals surface area contributed by atoms with Gasteiger partial charge in [0.25, 0.3) is 5.91 Å². The number of nitrogens with zero attached hydrogens (tertiary/aromatic N) is 2. The minimum absolute atomic E-state index is 0.191. The van der Waals surface area contributed by atoms with E-state index in [0.717, 1.165) is 5.56 Å². The standard InChI is InChI=1S/C19H25N3O4/c1-19(2,3)26-10-9-16(18(24)25)21-17(23)15-11-20-22(13-15)12-14-7-5-4-6-8-14/h4-8,11,13,16H,9-10,12H2,1-3H3,(H,21,23)(H,24,25). The monoisotopic (exact) mass is 359 g/mol. The fourth-order valence-electron chi connectivity index (χ4n) is 2.32. The maximum Gasteiger partial charge on any atom is 0.326 e. The largest absolute Gasteiger partial charge is 0.480 e. The Morgan fingerprint density at radius 3 is 2.58 bits per heavy atom. The number of carboxylic acids is 1. The number of aliphatic carboxylic acids is 1. The molecule has 1 heterocycles. The van der Waals surface area contributed by atoms with Gasteiger partial charge in [0.2, 0.25) is 0 Å². The second-order valence-corrected chi connectivity index (χ2v) is 7.03. The number of aromatic nitrogens is 2. The highest BCUT2D eigenvalue weighted by atomic mass is 16.5. The number of rotatable bonds is 8. The Hall–Kier alpha value is -2.67. The van der Waals surface area contributed by atoms with Crippen molar-refractivity contribution in [2.75, 3.05) is 6.61 Å². The number of benzene rings is 1. The molecule has 0 aliphatic rings. The molecule has 26 heavy (non-hydrogen) atoms. The number of amides is 1. The van der Waals surface area contributed by atoms with E-state index in [9.17, 15) is 14.7 Å². The smallest absolute Gasteiger partial charge is 0.326 e. The molecular weight excluding hydrogens is 334 g/mol. The third-order valence-electron chi connectivity index (χ3n) is 3.63. The third kappa shape index (κ3) is 6.33. The highest BCUT2D eigenvalue weighted by molar-refractivity contribution is 5.96. The quantitative estimate of drug-likeness (QED) is 0.754. The molecule has 1 aromatic carbocycles. The van der Waals surface area contributed by atoms with Gasteiger partial charge in [-0.3, -0.25) is 9.48 Å². The Labute approximate surface area is 153 Å². The van der Waals surface area contributed by atoms with Gasteiger partial charge < -0.3 is 15.2 Å². The van der Waals surface area contributed by atoms with Crippen LogP contribution in [-0.2, 0) is 16.1 Å². The zero-order chi connectivity index (χ0) is 19.2. The van der Waals surface area contributed by atoms with Gasteiger partial charge in [-0.1, -0.05) is 30.3 Å². The number of hydrogen-bond donors (Lipinski definition) is 2. The van der Waals surface area contributed by atoms with Crippen molar-refractivity contribution in [1.29, 1.82) is 0 Å². The number of carboxylic acid groups (broad SMARTS) is 1. The second-order valence-electron chi connectivity index (χ2n) is 7.03. The van der Waals surface area contributed by atoms with Crippen molar-refractivity contribution in [1.82, 2.24) is 15.1 Å². The highest BCUT2D eigenvalue weighted by Crippen LogP contribution is 2.09. The summed E-state index contributed by atoms with van der Waals surface area (Å²) in [7, 11) is 0. The number of nitrogens with one attached hydrogen (secondary N) is 1. The van der Waals surface area contributed by atoms with Crippen molar-refractivity contribution in [2.24, 2.45) is 0 Å². The molecule has 1 amide bonds. The van der Waals surface area contributed by atoms with Gasteiger partial charge in [0, 0.05) is 19.2 Å². The van der Waals surface area contributed by atoms with Crippen LogP contribution in [0.3, 0.4) is 0 Å². The van der Waals surface area contributed by atoms with Gasteiger partial charge >= 0.3 is 5.97 Å². The lowest BCUT2D eigenvalue weighted by molar-refractivity contribution is -0.140. The molecule has 0 aliphatic carbocycles. The molecule has 2 aromatic rings. The van der Waals surface area contributed by atoms with Crippen LogP contribution in [0.1, 0.15) is 43.1 Å². The van der Waals surface area contributed by atoms with Crippen LogP contribution >= 0.6 is 0 Å². The summed E-state index contributed by atoms with van der Waals surface area (Å²) in [6.07, 6.45) is 3.23. The summed E-state index contributed by atoms with van der Waals surface area (Å²) in [5, 5.41) is 16.0. The molecule has 1 atom stereocenters. The van der Waals surface area contributed by atoms with Crippen LogP contribution in [0.2, 0.25) is 0 Å². The summed E-state index contributed by atoms with van der Waals surface area (Å²) in [6.45, 7) is 6.46. The van der Waals surface area contributed by atoms with E-state index < -0.39 is 17.9 Å². The van der Waals surface area contributed by atoms with Gasteiger partial charge in [-0.2, -0.15) is 5.10 Å². The van der Waals surface area contributed by atoms with Crippen LogP contribution in [0, 0.1) is 0 Å². The van der Waals surface area contributed by atoms with E-state index in [1.165, 1.54) is 6.20 Å². The van der Waals surface area contributed by atoms with Crippen molar-refractivity contribution >= 4 is 11.9 Å². The average Bonchev–Trinajstić information content (AvgIpc) is 3.02. The average molecular weight is 359 g/mol. The molecule has 0 bridgehead atoms. The van der Waals surface area contributed by atoms with Crippen molar-refractivity contribution in [3.63, 3.8) is 0 Å². The summed E-state index contributed by atoms with van der Waals surface area (Å²) in [4.78, 5) is 23.7. The molecule has 0 fully saturated rings. The Morgan fingerprint density at radius 2 is 1.96 bits per heavy atom. The first-order valence-electron chi connectivity index (χ1n) is 8.48. The summed E-state index contributed by atoms with van der Waals surface area (Å²) in [5.74, 6) is -1.56. The van der Waals surface area contributed by atoms with E-state index in [-0.39, 0.29) is 18.6 Å². The fraction of sp³-hybridized carbons (Fsp3) is 0.421. The third-order valence-corrected chi connectivity index (χ3v) is 3.63. The fourth-order valence-corrected chi connectivity index (χ4v) is 2.32. The Kier molecular flexibility index (Phi) is 6.52. The molecule has 2 N–H and O–H groups in total. The van der Waals surface area contributed by atoms with Crippen molar-refractivity contribution < 1.29 is 19.4 Å². The molecule has 7 nitrogen and oxygen atoms in total. The maximum atomic E-state index is 12.3. The number of carbonyl (C=O) groups is 2. The summed E-state index contributed by atoms with van der Waals surface area (Å²) in [5.41, 5.74) is 1.03. The van der Waals surface area contributed by atoms with Gasteiger partial charge in [0.1, 0.15) is 6.04 Å². The Bertz CT molecular complexity index is 735. The van der Waals surface area contributed by atoms with Crippen LogP contribution in [0.25, 0.3) is 0 Å². The molecule has 2 rings (SSSR count). The molecule has 140 valence electrons. The van der Waals surface area contributed by atoms with Gasteiger partial charge in [0.15, 0.2) is 0 Å². The van der Waals surface area contributed by atoms with E-state index in [1.54, 1.807) is 10.9 Å². The van der Waals surface area contributed by atoms with E-state index in [1.807, 2.05) is 51.1 Å². The van der Waals surface area contributed by atoms with Crippen molar-refractivity contribution in [3.05, 3.63) is 53.9 Å². The lowest BCUT2D eigenvalue weighted by Crippen LogP contribution is -2.42. The number of carbonyl (C=O) groups excluding carboxylic acids is 1. The summed E-state index contributed by atoms with van der Waals surface area (Å²) in [6, 6.07) is 8.73. The van der Waals surface area contributed by atoms with Crippen LogP contribution < -0.4 is 5.32 Å². The minimum atomic E-state index is -1.09. The molecule has 7 heteroatoms. The number of hydrogen-bond acceptors (Lipinski definition) is 4. The number of ether oxygens (including phenoxy) is 1.